The molecule has 2 N–H and O–H groups in total. The van der Waals surface area contributed by atoms with Gasteiger partial charge >= 0.3 is 0 Å². The third kappa shape index (κ3) is 6.78. The van der Waals surface area contributed by atoms with Gasteiger partial charge in [-0.3, -0.25) is 14.5 Å². The molecule has 0 bridgehead atoms. The highest BCUT2D eigenvalue weighted by Gasteiger charge is 2.25. The van der Waals surface area contributed by atoms with Crippen molar-refractivity contribution in [2.45, 2.75) is 52.0 Å². The van der Waals surface area contributed by atoms with Crippen LogP contribution in [0.1, 0.15) is 56.9 Å². The highest BCUT2D eigenvalue weighted by Crippen LogP contribution is 2.19. The van der Waals surface area contributed by atoms with Crippen molar-refractivity contribution in [3.05, 3.63) is 22.4 Å². The Morgan fingerprint density at radius 1 is 1.32 bits per heavy atom. The third-order valence-electron chi connectivity index (χ3n) is 4.75. The summed E-state index contributed by atoms with van der Waals surface area (Å²) in [6.45, 7) is 7.01. The predicted octanol–water partition coefficient (Wildman–Crippen LogP) is 2.94. The first-order valence-corrected chi connectivity index (χ1v) is 10.3. The van der Waals surface area contributed by atoms with Crippen molar-refractivity contribution in [1.29, 1.82) is 0 Å². The molecule has 6 heteroatoms. The number of piperidine rings is 1. The molecule has 1 aliphatic rings. The number of unbranched alkanes of at least 4 members (excludes halogenated alkanes) is 2. The van der Waals surface area contributed by atoms with Gasteiger partial charge in [0.15, 0.2) is 0 Å². The molecule has 5 nitrogen and oxygen atoms in total. The van der Waals surface area contributed by atoms with Gasteiger partial charge in [0, 0.05) is 17.3 Å². The number of thiophene rings is 1. The van der Waals surface area contributed by atoms with Crippen LogP contribution in [0.4, 0.5) is 0 Å². The van der Waals surface area contributed by atoms with E-state index in [-0.39, 0.29) is 23.8 Å². The molecule has 1 saturated heterocycles. The molecular weight excluding hydrogens is 334 g/mol. The second-order valence-corrected chi connectivity index (χ2v) is 7.83. The van der Waals surface area contributed by atoms with E-state index < -0.39 is 0 Å². The normalized spacial score (nSPS) is 17.2. The minimum absolute atomic E-state index is 0.0546. The van der Waals surface area contributed by atoms with Crippen LogP contribution in [-0.4, -0.2) is 42.9 Å². The summed E-state index contributed by atoms with van der Waals surface area (Å²) in [6.07, 6.45) is 5.07. The van der Waals surface area contributed by atoms with Crippen LogP contribution in [0.3, 0.4) is 0 Å². The molecule has 0 radical (unpaired) electrons. The Hall–Kier alpha value is -1.40. The maximum Gasteiger partial charge on any atom is 0.234 e. The lowest BCUT2D eigenvalue weighted by Gasteiger charge is -2.31. The summed E-state index contributed by atoms with van der Waals surface area (Å²) < 4.78 is 0. The molecule has 2 amide bonds. The molecule has 0 aliphatic carbocycles. The van der Waals surface area contributed by atoms with E-state index in [1.165, 1.54) is 11.3 Å². The van der Waals surface area contributed by atoms with Gasteiger partial charge in [-0.25, -0.2) is 0 Å². The number of hydrogen-bond donors (Lipinski definition) is 2. The standard InChI is InChI=1S/C19H31N3O2S/c1-3-4-5-10-20-19(24)16-8-11-22(12-9-16)14-18(23)21-15(2)17-7-6-13-25-17/h6-7,13,15-16H,3-5,8-12,14H2,1-2H3,(H,20,24)(H,21,23). The second-order valence-electron chi connectivity index (χ2n) is 6.85. The van der Waals surface area contributed by atoms with Crippen LogP contribution in [0.2, 0.25) is 0 Å². The van der Waals surface area contributed by atoms with Gasteiger partial charge in [-0.2, -0.15) is 0 Å². The Morgan fingerprint density at radius 2 is 2.08 bits per heavy atom. The van der Waals surface area contributed by atoms with Gasteiger partial charge in [0.05, 0.1) is 12.6 Å². The predicted molar refractivity (Wildman–Crippen MR) is 103 cm³/mol. The van der Waals surface area contributed by atoms with Crippen LogP contribution >= 0.6 is 11.3 Å². The first kappa shape index (κ1) is 19.9. The van der Waals surface area contributed by atoms with E-state index in [4.69, 9.17) is 0 Å². The highest BCUT2D eigenvalue weighted by atomic mass is 32.1. The third-order valence-corrected chi connectivity index (χ3v) is 5.81. The van der Waals surface area contributed by atoms with E-state index >= 15 is 0 Å². The summed E-state index contributed by atoms with van der Waals surface area (Å²) in [5.41, 5.74) is 0. The van der Waals surface area contributed by atoms with Crippen molar-refractivity contribution in [3.8, 4) is 0 Å². The Balaban J connectivity index is 1.64. The molecule has 2 rings (SSSR count). The van der Waals surface area contributed by atoms with Crippen molar-refractivity contribution < 1.29 is 9.59 Å². The van der Waals surface area contributed by atoms with Crippen LogP contribution in [-0.2, 0) is 9.59 Å². The van der Waals surface area contributed by atoms with E-state index in [2.05, 4.69) is 22.5 Å². The minimum Gasteiger partial charge on any atom is -0.356 e. The number of carbonyl (C=O) groups excluding carboxylic acids is 2. The molecule has 0 saturated carbocycles. The van der Waals surface area contributed by atoms with Crippen LogP contribution in [0.25, 0.3) is 0 Å². The Kier molecular flexibility index (Phi) is 8.41. The fourth-order valence-corrected chi connectivity index (χ4v) is 3.92. The first-order chi connectivity index (χ1) is 12.1. The van der Waals surface area contributed by atoms with Crippen molar-refractivity contribution in [1.82, 2.24) is 15.5 Å². The molecule has 0 spiro atoms. The molecular formula is C19H31N3O2S. The molecule has 2 heterocycles. The highest BCUT2D eigenvalue weighted by molar-refractivity contribution is 7.10. The maximum atomic E-state index is 12.2. The number of nitrogens with one attached hydrogen (secondary N) is 2. The number of rotatable bonds is 9. The lowest BCUT2D eigenvalue weighted by atomic mass is 9.96. The van der Waals surface area contributed by atoms with E-state index in [9.17, 15) is 9.59 Å². The number of nitrogens with zero attached hydrogens (tertiary/aromatic N) is 1. The van der Waals surface area contributed by atoms with Crippen LogP contribution in [0, 0.1) is 5.92 Å². The fourth-order valence-electron chi connectivity index (χ4n) is 3.18. The van der Waals surface area contributed by atoms with E-state index in [1.54, 1.807) is 11.3 Å². The molecule has 1 fully saturated rings. The van der Waals surface area contributed by atoms with Crippen LogP contribution < -0.4 is 10.6 Å². The topological polar surface area (TPSA) is 61.4 Å². The lowest BCUT2D eigenvalue weighted by molar-refractivity contribution is -0.127. The Labute approximate surface area is 155 Å². The molecule has 1 aromatic rings. The molecule has 1 unspecified atom stereocenters. The summed E-state index contributed by atoms with van der Waals surface area (Å²) >= 11 is 1.66. The summed E-state index contributed by atoms with van der Waals surface area (Å²) in [7, 11) is 0. The zero-order valence-electron chi connectivity index (χ0n) is 15.4. The van der Waals surface area contributed by atoms with Gasteiger partial charge in [0.1, 0.15) is 0 Å². The number of hydrogen-bond acceptors (Lipinski definition) is 4. The van der Waals surface area contributed by atoms with Crippen LogP contribution in [0.5, 0.6) is 0 Å². The second kappa shape index (κ2) is 10.6. The quantitative estimate of drug-likeness (QED) is 0.662. The summed E-state index contributed by atoms with van der Waals surface area (Å²) in [5, 5.41) is 8.13. The Morgan fingerprint density at radius 3 is 2.72 bits per heavy atom. The molecule has 0 aromatic carbocycles. The van der Waals surface area contributed by atoms with Crippen LogP contribution in [0.15, 0.2) is 17.5 Å². The number of carbonyl (C=O) groups is 2. The number of amides is 2. The average molecular weight is 366 g/mol. The Bertz CT molecular complexity index is 525. The maximum absolute atomic E-state index is 12.2. The number of likely N-dealkylation sites (tertiary alicyclic amines) is 1. The van der Waals surface area contributed by atoms with Gasteiger partial charge < -0.3 is 10.6 Å². The zero-order valence-corrected chi connectivity index (χ0v) is 16.2. The lowest BCUT2D eigenvalue weighted by Crippen LogP contribution is -2.44. The molecule has 1 aromatic heterocycles. The summed E-state index contributed by atoms with van der Waals surface area (Å²) in [4.78, 5) is 27.7. The van der Waals surface area contributed by atoms with Crippen molar-refractivity contribution in [2.75, 3.05) is 26.2 Å². The fraction of sp³-hybridized carbons (Fsp3) is 0.684. The minimum atomic E-state index is 0.0546. The van der Waals surface area contributed by atoms with Gasteiger partial charge in [-0.05, 0) is 50.7 Å². The van der Waals surface area contributed by atoms with E-state index in [0.717, 1.165) is 45.3 Å². The average Bonchev–Trinajstić information content (AvgIpc) is 3.14. The molecule has 1 atom stereocenters. The van der Waals surface area contributed by atoms with Crippen molar-refractivity contribution in [3.63, 3.8) is 0 Å². The van der Waals surface area contributed by atoms with Gasteiger partial charge in [0.2, 0.25) is 11.8 Å². The zero-order chi connectivity index (χ0) is 18.1. The van der Waals surface area contributed by atoms with Crippen molar-refractivity contribution >= 4 is 23.2 Å². The van der Waals surface area contributed by atoms with Gasteiger partial charge in [0.25, 0.3) is 0 Å². The summed E-state index contributed by atoms with van der Waals surface area (Å²) in [5.74, 6) is 0.348. The monoisotopic (exact) mass is 365 g/mol. The van der Waals surface area contributed by atoms with E-state index in [0.29, 0.717) is 6.54 Å². The smallest absolute Gasteiger partial charge is 0.234 e. The summed E-state index contributed by atoms with van der Waals surface area (Å²) in [6, 6.07) is 4.10. The molecule has 25 heavy (non-hydrogen) atoms. The SMILES string of the molecule is CCCCCNC(=O)C1CCN(CC(=O)NC(C)c2cccs2)CC1. The molecule has 140 valence electrons. The molecule has 1 aliphatic heterocycles. The van der Waals surface area contributed by atoms with Gasteiger partial charge in [-0.1, -0.05) is 25.8 Å². The largest absolute Gasteiger partial charge is 0.356 e. The first-order valence-electron chi connectivity index (χ1n) is 9.43. The van der Waals surface area contributed by atoms with Crippen molar-refractivity contribution in [2.24, 2.45) is 5.92 Å². The van der Waals surface area contributed by atoms with E-state index in [1.807, 2.05) is 24.4 Å². The van der Waals surface area contributed by atoms with Gasteiger partial charge in [-0.15, -0.1) is 11.3 Å².